The average Bonchev–Trinajstić information content (AvgIpc) is 3.32. The van der Waals surface area contributed by atoms with Gasteiger partial charge < -0.3 is 10.1 Å². The maximum atomic E-state index is 12.7. The first-order valence-corrected chi connectivity index (χ1v) is 10.6. The summed E-state index contributed by atoms with van der Waals surface area (Å²) in [5, 5.41) is 11.0. The summed E-state index contributed by atoms with van der Waals surface area (Å²) in [6, 6.07) is 4.91. The molecule has 1 fully saturated rings. The summed E-state index contributed by atoms with van der Waals surface area (Å²) in [6.45, 7) is 2.66. The van der Waals surface area contributed by atoms with E-state index in [0.29, 0.717) is 51.1 Å². The lowest BCUT2D eigenvalue weighted by molar-refractivity contribution is -0.121. The minimum absolute atomic E-state index is 0.0320. The Hall–Kier alpha value is -2.04. The van der Waals surface area contributed by atoms with Gasteiger partial charge in [0.1, 0.15) is 5.52 Å². The maximum absolute atomic E-state index is 12.7. The molecule has 1 N–H and O–H groups in total. The summed E-state index contributed by atoms with van der Waals surface area (Å²) in [5.74, 6) is -0.0320. The molecular formula is C17H25N5O4S. The first-order valence-electron chi connectivity index (χ1n) is 9.11. The van der Waals surface area contributed by atoms with Crippen LogP contribution in [-0.2, 0) is 26.1 Å². The molecule has 0 unspecified atom stereocenters. The van der Waals surface area contributed by atoms with Crippen molar-refractivity contribution < 1.29 is 17.9 Å². The molecule has 0 radical (unpaired) electrons. The number of nitrogens with one attached hydrogen (secondary N) is 1. The van der Waals surface area contributed by atoms with Crippen molar-refractivity contribution in [3.05, 3.63) is 18.2 Å². The summed E-state index contributed by atoms with van der Waals surface area (Å²) >= 11 is 0. The van der Waals surface area contributed by atoms with Crippen molar-refractivity contribution in [2.24, 2.45) is 0 Å². The molecule has 27 heavy (non-hydrogen) atoms. The van der Waals surface area contributed by atoms with Gasteiger partial charge in [0.25, 0.3) is 0 Å². The first-order chi connectivity index (χ1) is 13.0. The van der Waals surface area contributed by atoms with Crippen LogP contribution in [0.25, 0.3) is 11.0 Å². The van der Waals surface area contributed by atoms with Crippen molar-refractivity contribution in [2.45, 2.75) is 37.1 Å². The molecule has 0 aliphatic carbocycles. The Morgan fingerprint density at radius 3 is 2.81 bits per heavy atom. The van der Waals surface area contributed by atoms with Crippen LogP contribution in [0.4, 0.5) is 0 Å². The predicted octanol–water partition coefficient (Wildman–Crippen LogP) is 0.759. The molecule has 1 aliphatic rings. The van der Waals surface area contributed by atoms with E-state index in [9.17, 15) is 13.2 Å². The fourth-order valence-corrected chi connectivity index (χ4v) is 4.66. The first kappa shape index (κ1) is 19.7. The van der Waals surface area contributed by atoms with Crippen LogP contribution in [0.2, 0.25) is 0 Å². The number of ether oxygens (including phenoxy) is 1. The molecular weight excluding hydrogens is 370 g/mol. The Morgan fingerprint density at radius 1 is 1.30 bits per heavy atom. The third kappa shape index (κ3) is 4.63. The second-order valence-corrected chi connectivity index (χ2v) is 8.46. The lowest BCUT2D eigenvalue weighted by atomic mass is 10.2. The molecule has 1 aromatic heterocycles. The van der Waals surface area contributed by atoms with Crippen molar-refractivity contribution in [3.8, 4) is 0 Å². The molecule has 3 rings (SSSR count). The normalized spacial score (nSPS) is 15.4. The highest BCUT2D eigenvalue weighted by Gasteiger charge is 2.27. The molecule has 9 nitrogen and oxygen atoms in total. The molecule has 1 saturated heterocycles. The summed E-state index contributed by atoms with van der Waals surface area (Å²) in [5.41, 5.74) is 1.30. The van der Waals surface area contributed by atoms with Gasteiger partial charge in [0.15, 0.2) is 0 Å². The molecule has 0 saturated carbocycles. The Morgan fingerprint density at radius 2 is 2.07 bits per heavy atom. The number of aryl methyl sites for hydroxylation is 1. The third-order valence-corrected chi connectivity index (χ3v) is 6.48. The molecule has 0 bridgehead atoms. The van der Waals surface area contributed by atoms with E-state index in [2.05, 4.69) is 15.6 Å². The molecule has 1 aliphatic heterocycles. The quantitative estimate of drug-likeness (QED) is 0.628. The number of nitrogens with zero attached hydrogens (tertiary/aromatic N) is 4. The van der Waals surface area contributed by atoms with E-state index < -0.39 is 10.0 Å². The van der Waals surface area contributed by atoms with Gasteiger partial charge in [-0.3, -0.25) is 4.79 Å². The number of hydrogen-bond donors (Lipinski definition) is 1. The van der Waals surface area contributed by atoms with E-state index in [4.69, 9.17) is 4.74 Å². The van der Waals surface area contributed by atoms with Gasteiger partial charge >= 0.3 is 0 Å². The number of rotatable bonds is 9. The second-order valence-electron chi connectivity index (χ2n) is 6.52. The van der Waals surface area contributed by atoms with Crippen molar-refractivity contribution in [3.63, 3.8) is 0 Å². The number of carbonyl (C=O) groups excluding carboxylic acids is 1. The molecule has 2 heterocycles. The van der Waals surface area contributed by atoms with Gasteiger partial charge in [-0.15, -0.1) is 5.10 Å². The lowest BCUT2D eigenvalue weighted by Gasteiger charge is -2.15. The monoisotopic (exact) mass is 395 g/mol. The Bertz CT molecular complexity index is 890. The fraction of sp³-hybridized carbons (Fsp3) is 0.588. The van der Waals surface area contributed by atoms with E-state index >= 15 is 0 Å². The fourth-order valence-electron chi connectivity index (χ4n) is 3.13. The standard InChI is InChI=1S/C17H25N5O4S/c1-26-12-8-18-17(23)5-4-11-22-16-7-6-14(13-15(16)19-20-22)27(24,25)21-9-2-3-10-21/h6-7,13H,2-5,8-12H2,1H3,(H,18,23). The van der Waals surface area contributed by atoms with Crippen LogP contribution in [0.3, 0.4) is 0 Å². The molecule has 1 aromatic carbocycles. The van der Waals surface area contributed by atoms with Gasteiger partial charge in [-0.2, -0.15) is 4.31 Å². The Balaban J connectivity index is 1.63. The second kappa shape index (κ2) is 8.77. The largest absolute Gasteiger partial charge is 0.383 e. The molecule has 148 valence electrons. The van der Waals surface area contributed by atoms with Gasteiger partial charge in [0.2, 0.25) is 15.9 Å². The zero-order valence-electron chi connectivity index (χ0n) is 15.4. The number of methoxy groups -OCH3 is 1. The zero-order chi connectivity index (χ0) is 19.3. The highest BCUT2D eigenvalue weighted by Crippen LogP contribution is 2.23. The minimum Gasteiger partial charge on any atom is -0.383 e. The van der Waals surface area contributed by atoms with Crippen LogP contribution in [0.1, 0.15) is 25.7 Å². The van der Waals surface area contributed by atoms with E-state index in [0.717, 1.165) is 18.4 Å². The summed E-state index contributed by atoms with van der Waals surface area (Å²) < 4.78 is 33.4. The molecule has 2 aromatic rings. The van der Waals surface area contributed by atoms with E-state index in [1.807, 2.05) is 0 Å². The van der Waals surface area contributed by atoms with Gasteiger partial charge in [-0.1, -0.05) is 5.21 Å². The summed E-state index contributed by atoms with van der Waals surface area (Å²) in [6.07, 6.45) is 2.80. The van der Waals surface area contributed by atoms with Crippen molar-refractivity contribution in [1.82, 2.24) is 24.6 Å². The minimum atomic E-state index is -3.47. The number of sulfonamides is 1. The van der Waals surface area contributed by atoms with Crippen LogP contribution >= 0.6 is 0 Å². The van der Waals surface area contributed by atoms with E-state index in [1.54, 1.807) is 30.0 Å². The smallest absolute Gasteiger partial charge is 0.243 e. The van der Waals surface area contributed by atoms with Crippen LogP contribution in [0.5, 0.6) is 0 Å². The summed E-state index contributed by atoms with van der Waals surface area (Å²) in [7, 11) is -1.88. The Labute approximate surface area is 158 Å². The zero-order valence-corrected chi connectivity index (χ0v) is 16.2. The Kier molecular flexibility index (Phi) is 6.40. The molecule has 10 heteroatoms. The summed E-state index contributed by atoms with van der Waals surface area (Å²) in [4.78, 5) is 12.0. The van der Waals surface area contributed by atoms with Gasteiger partial charge in [0, 0.05) is 39.7 Å². The van der Waals surface area contributed by atoms with Gasteiger partial charge in [-0.05, 0) is 37.5 Å². The third-order valence-electron chi connectivity index (χ3n) is 4.59. The van der Waals surface area contributed by atoms with Crippen molar-refractivity contribution >= 4 is 27.0 Å². The maximum Gasteiger partial charge on any atom is 0.243 e. The van der Waals surface area contributed by atoms with Gasteiger partial charge in [-0.25, -0.2) is 13.1 Å². The predicted molar refractivity (Wildman–Crippen MR) is 99.6 cm³/mol. The van der Waals surface area contributed by atoms with Crippen molar-refractivity contribution in [1.29, 1.82) is 0 Å². The van der Waals surface area contributed by atoms with Crippen LogP contribution in [-0.4, -0.2) is 67.0 Å². The van der Waals surface area contributed by atoms with E-state index in [-0.39, 0.29) is 10.8 Å². The number of aromatic nitrogens is 3. The number of benzene rings is 1. The number of hydrogen-bond acceptors (Lipinski definition) is 6. The van der Waals surface area contributed by atoms with Crippen molar-refractivity contribution in [2.75, 3.05) is 33.4 Å². The number of fused-ring (bicyclic) bond motifs is 1. The molecule has 0 spiro atoms. The average molecular weight is 395 g/mol. The molecule has 0 atom stereocenters. The molecule has 1 amide bonds. The van der Waals surface area contributed by atoms with Crippen LogP contribution in [0, 0.1) is 0 Å². The van der Waals surface area contributed by atoms with Crippen LogP contribution in [0.15, 0.2) is 23.1 Å². The number of carbonyl (C=O) groups is 1. The van der Waals surface area contributed by atoms with Gasteiger partial charge in [0.05, 0.1) is 17.0 Å². The lowest BCUT2D eigenvalue weighted by Crippen LogP contribution is -2.27. The topological polar surface area (TPSA) is 106 Å². The van der Waals surface area contributed by atoms with Crippen LogP contribution < -0.4 is 5.32 Å². The number of amides is 1. The highest BCUT2D eigenvalue weighted by atomic mass is 32.2. The van der Waals surface area contributed by atoms with E-state index in [1.165, 1.54) is 4.31 Å². The SMILES string of the molecule is COCCNC(=O)CCCn1nnc2cc(S(=O)(=O)N3CCCC3)ccc21. The highest BCUT2D eigenvalue weighted by molar-refractivity contribution is 7.89.